The van der Waals surface area contributed by atoms with Crippen LogP contribution in [0.1, 0.15) is 39.0 Å². The summed E-state index contributed by atoms with van der Waals surface area (Å²) in [6, 6.07) is 4.37. The minimum Gasteiger partial charge on any atom is -0.376 e. The second kappa shape index (κ2) is 6.53. The summed E-state index contributed by atoms with van der Waals surface area (Å²) in [6.07, 6.45) is 2.17. The van der Waals surface area contributed by atoms with Crippen molar-refractivity contribution in [3.05, 3.63) is 22.4 Å². The topological polar surface area (TPSA) is 35.2 Å². The van der Waals surface area contributed by atoms with Crippen molar-refractivity contribution in [3.8, 4) is 0 Å². The predicted molar refractivity (Wildman–Crippen MR) is 75.5 cm³/mol. The van der Waals surface area contributed by atoms with E-state index in [2.05, 4.69) is 38.3 Å². The van der Waals surface area contributed by atoms with E-state index in [4.69, 9.17) is 10.5 Å². The maximum Gasteiger partial charge on any atom is 0.0773 e. The van der Waals surface area contributed by atoms with Crippen molar-refractivity contribution in [1.29, 1.82) is 0 Å². The number of rotatable bonds is 6. The molecule has 0 spiro atoms. The molecule has 0 saturated heterocycles. The molecule has 0 bridgehead atoms. The van der Waals surface area contributed by atoms with Gasteiger partial charge in [-0.15, -0.1) is 11.3 Å². The molecule has 0 saturated carbocycles. The van der Waals surface area contributed by atoms with Crippen molar-refractivity contribution < 1.29 is 4.74 Å². The van der Waals surface area contributed by atoms with E-state index in [1.165, 1.54) is 4.88 Å². The lowest BCUT2D eigenvalue weighted by molar-refractivity contribution is -0.0289. The van der Waals surface area contributed by atoms with Crippen LogP contribution in [-0.2, 0) is 11.2 Å². The molecule has 1 aromatic rings. The molecule has 2 atom stereocenters. The van der Waals surface area contributed by atoms with Gasteiger partial charge < -0.3 is 10.5 Å². The van der Waals surface area contributed by atoms with E-state index in [1.807, 2.05) is 6.92 Å². The van der Waals surface area contributed by atoms with Crippen LogP contribution in [0.25, 0.3) is 0 Å². The molecule has 0 aliphatic rings. The fourth-order valence-corrected chi connectivity index (χ4v) is 2.84. The highest BCUT2D eigenvalue weighted by atomic mass is 32.1. The number of thiophene rings is 1. The zero-order valence-corrected chi connectivity index (χ0v) is 12.2. The summed E-state index contributed by atoms with van der Waals surface area (Å²) in [5.74, 6) is 0. The molecule has 0 amide bonds. The third-order valence-corrected chi connectivity index (χ3v) is 3.83. The average Bonchev–Trinajstić information content (AvgIpc) is 2.73. The summed E-state index contributed by atoms with van der Waals surface area (Å²) >= 11 is 1.80. The Balaban J connectivity index is 2.50. The molecule has 3 heteroatoms. The van der Waals surface area contributed by atoms with Crippen LogP contribution >= 0.6 is 11.3 Å². The first kappa shape index (κ1) is 14.7. The van der Waals surface area contributed by atoms with Crippen molar-refractivity contribution in [2.45, 2.75) is 52.7 Å². The lowest BCUT2D eigenvalue weighted by Crippen LogP contribution is -2.45. The van der Waals surface area contributed by atoms with Gasteiger partial charge in [-0.25, -0.2) is 0 Å². The van der Waals surface area contributed by atoms with Gasteiger partial charge in [0.05, 0.1) is 6.10 Å². The Bertz CT molecular complexity index is 303. The molecular weight excluding hydrogens is 230 g/mol. The summed E-state index contributed by atoms with van der Waals surface area (Å²) in [6.45, 7) is 9.34. The monoisotopic (exact) mass is 255 g/mol. The van der Waals surface area contributed by atoms with Crippen LogP contribution < -0.4 is 5.73 Å². The molecule has 17 heavy (non-hydrogen) atoms. The molecule has 0 aromatic carbocycles. The van der Waals surface area contributed by atoms with Gasteiger partial charge in [-0.2, -0.15) is 0 Å². The quantitative estimate of drug-likeness (QED) is 0.845. The molecule has 0 aliphatic heterocycles. The van der Waals surface area contributed by atoms with E-state index >= 15 is 0 Å². The maximum atomic E-state index is 6.29. The first-order chi connectivity index (χ1) is 7.95. The largest absolute Gasteiger partial charge is 0.376 e. The Kier molecular flexibility index (Phi) is 5.63. The van der Waals surface area contributed by atoms with Gasteiger partial charge in [0.1, 0.15) is 0 Å². The molecule has 2 unspecified atom stereocenters. The van der Waals surface area contributed by atoms with Gasteiger partial charge in [-0.3, -0.25) is 0 Å². The van der Waals surface area contributed by atoms with Crippen molar-refractivity contribution in [1.82, 2.24) is 0 Å². The fraction of sp³-hybridized carbons (Fsp3) is 0.714. The third kappa shape index (κ3) is 4.78. The van der Waals surface area contributed by atoms with Crippen LogP contribution in [0.5, 0.6) is 0 Å². The minimum atomic E-state index is 0.102. The second-order valence-corrected chi connectivity index (χ2v) is 6.56. The predicted octanol–water partition coefficient (Wildman–Crippen LogP) is 3.46. The zero-order chi connectivity index (χ0) is 12.9. The highest BCUT2D eigenvalue weighted by Crippen LogP contribution is 2.26. The van der Waals surface area contributed by atoms with Crippen LogP contribution in [0, 0.1) is 5.41 Å². The molecule has 0 radical (unpaired) electrons. The second-order valence-electron chi connectivity index (χ2n) is 5.52. The number of aryl methyl sites for hydroxylation is 1. The fourth-order valence-electron chi connectivity index (χ4n) is 2.11. The first-order valence-electron chi connectivity index (χ1n) is 6.34. The molecule has 1 aromatic heterocycles. The Morgan fingerprint density at radius 1 is 1.41 bits per heavy atom. The number of hydrogen-bond acceptors (Lipinski definition) is 3. The van der Waals surface area contributed by atoms with Crippen molar-refractivity contribution in [3.63, 3.8) is 0 Å². The molecule has 2 N–H and O–H groups in total. The zero-order valence-electron chi connectivity index (χ0n) is 11.4. The molecule has 0 aliphatic carbocycles. The van der Waals surface area contributed by atoms with Crippen LogP contribution in [0.2, 0.25) is 0 Å². The third-order valence-electron chi connectivity index (χ3n) is 2.89. The maximum absolute atomic E-state index is 6.29. The van der Waals surface area contributed by atoms with Gasteiger partial charge in [0.15, 0.2) is 0 Å². The Labute approximate surface area is 109 Å². The number of nitrogens with two attached hydrogens (primary N) is 1. The Morgan fingerprint density at radius 2 is 2.12 bits per heavy atom. The molecule has 1 rings (SSSR count). The highest BCUT2D eigenvalue weighted by molar-refractivity contribution is 7.09. The lowest BCUT2D eigenvalue weighted by atomic mass is 9.83. The molecule has 1 heterocycles. The van der Waals surface area contributed by atoms with E-state index in [0.29, 0.717) is 0 Å². The first-order valence-corrected chi connectivity index (χ1v) is 7.22. The van der Waals surface area contributed by atoms with Crippen molar-refractivity contribution in [2.75, 3.05) is 6.61 Å². The number of ether oxygens (including phenoxy) is 1. The SMILES string of the molecule is CCOC(C(N)CCc1cccs1)C(C)(C)C. The van der Waals surface area contributed by atoms with Gasteiger partial charge in [0.25, 0.3) is 0 Å². The minimum absolute atomic E-state index is 0.102. The Morgan fingerprint density at radius 3 is 2.59 bits per heavy atom. The summed E-state index contributed by atoms with van der Waals surface area (Å²) in [7, 11) is 0. The van der Waals surface area contributed by atoms with Gasteiger partial charge in [0.2, 0.25) is 0 Å². The van der Waals surface area contributed by atoms with Crippen LogP contribution in [0.15, 0.2) is 17.5 Å². The summed E-state index contributed by atoms with van der Waals surface area (Å²) in [5, 5.41) is 2.12. The Hall–Kier alpha value is -0.380. The van der Waals surface area contributed by atoms with Crippen molar-refractivity contribution in [2.24, 2.45) is 11.1 Å². The normalized spacial score (nSPS) is 15.8. The van der Waals surface area contributed by atoms with E-state index in [9.17, 15) is 0 Å². The molecule has 98 valence electrons. The van der Waals surface area contributed by atoms with E-state index in [0.717, 1.165) is 19.4 Å². The average molecular weight is 255 g/mol. The van der Waals surface area contributed by atoms with Gasteiger partial charge in [0, 0.05) is 17.5 Å². The highest BCUT2D eigenvalue weighted by Gasteiger charge is 2.30. The van der Waals surface area contributed by atoms with Crippen LogP contribution in [0.3, 0.4) is 0 Å². The smallest absolute Gasteiger partial charge is 0.0773 e. The van der Waals surface area contributed by atoms with E-state index in [1.54, 1.807) is 11.3 Å². The molecular formula is C14H25NOS. The molecule has 2 nitrogen and oxygen atoms in total. The van der Waals surface area contributed by atoms with Crippen LogP contribution in [-0.4, -0.2) is 18.8 Å². The molecule has 0 fully saturated rings. The van der Waals surface area contributed by atoms with Gasteiger partial charge >= 0.3 is 0 Å². The van der Waals surface area contributed by atoms with E-state index < -0.39 is 0 Å². The van der Waals surface area contributed by atoms with Gasteiger partial charge in [-0.05, 0) is 36.6 Å². The van der Waals surface area contributed by atoms with E-state index in [-0.39, 0.29) is 17.6 Å². The summed E-state index contributed by atoms with van der Waals surface area (Å²) in [4.78, 5) is 1.41. The standard InChI is InChI=1S/C14H25NOS/c1-5-16-13(14(2,3)4)12(15)9-8-11-7-6-10-17-11/h6-7,10,12-13H,5,8-9,15H2,1-4H3. The lowest BCUT2D eigenvalue weighted by Gasteiger charge is -2.35. The summed E-state index contributed by atoms with van der Waals surface area (Å²) in [5.41, 5.74) is 6.39. The van der Waals surface area contributed by atoms with Gasteiger partial charge in [-0.1, -0.05) is 26.8 Å². The van der Waals surface area contributed by atoms with Crippen molar-refractivity contribution >= 4 is 11.3 Å². The summed E-state index contributed by atoms with van der Waals surface area (Å²) < 4.78 is 5.82. The van der Waals surface area contributed by atoms with Crippen LogP contribution in [0.4, 0.5) is 0 Å². The number of hydrogen-bond donors (Lipinski definition) is 1.